The summed E-state index contributed by atoms with van der Waals surface area (Å²) in [5, 5.41) is 11.8. The molecule has 0 bridgehead atoms. The Morgan fingerprint density at radius 3 is 2.79 bits per heavy atom. The summed E-state index contributed by atoms with van der Waals surface area (Å²) >= 11 is 3.48. The van der Waals surface area contributed by atoms with Crippen molar-refractivity contribution in [3.05, 3.63) is 28.9 Å². The molecule has 3 aromatic rings. The van der Waals surface area contributed by atoms with Crippen LogP contribution >= 0.6 is 15.9 Å². The Balaban J connectivity index is 2.51. The minimum Gasteiger partial charge on any atom is -0.494 e. The van der Waals surface area contributed by atoms with Gasteiger partial charge in [-0.2, -0.15) is 0 Å². The average Bonchev–Trinajstić information content (AvgIpc) is 2.69. The normalized spacial score (nSPS) is 11.8. The van der Waals surface area contributed by atoms with Crippen molar-refractivity contribution < 1.29 is 5.11 Å². The van der Waals surface area contributed by atoms with Crippen molar-refractivity contribution in [2.75, 3.05) is 5.73 Å². The van der Waals surface area contributed by atoms with E-state index in [1.165, 1.54) is 0 Å². The van der Waals surface area contributed by atoms with Gasteiger partial charge >= 0.3 is 0 Å². The number of aromatic hydroxyl groups is 1. The lowest BCUT2D eigenvalue weighted by molar-refractivity contribution is 0.405. The molecule has 0 saturated heterocycles. The molecule has 0 saturated carbocycles. The fourth-order valence-electron chi connectivity index (χ4n) is 2.34. The number of aromatic nitrogens is 2. The summed E-state index contributed by atoms with van der Waals surface area (Å²) in [5.41, 5.74) is 8.30. The van der Waals surface area contributed by atoms with E-state index in [0.29, 0.717) is 16.6 Å². The maximum atomic E-state index is 10.3. The summed E-state index contributed by atoms with van der Waals surface area (Å²) in [4.78, 5) is 4.59. The Morgan fingerprint density at radius 2 is 2.11 bits per heavy atom. The van der Waals surface area contributed by atoms with Crippen LogP contribution in [0.3, 0.4) is 0 Å². The van der Waals surface area contributed by atoms with Gasteiger partial charge < -0.3 is 15.4 Å². The van der Waals surface area contributed by atoms with E-state index in [0.717, 1.165) is 15.4 Å². The highest BCUT2D eigenvalue weighted by Gasteiger charge is 2.17. The number of nitrogens with two attached hydrogens (primary N) is 1. The van der Waals surface area contributed by atoms with Crippen molar-refractivity contribution in [3.63, 3.8) is 0 Å². The third-order valence-electron chi connectivity index (χ3n) is 3.32. The molecule has 1 aromatic carbocycles. The molecule has 98 valence electrons. The van der Waals surface area contributed by atoms with E-state index >= 15 is 0 Å². The number of anilines is 1. The zero-order chi connectivity index (χ0) is 13.7. The predicted octanol–water partition coefficient (Wildman–Crippen LogP) is 3.82. The minimum atomic E-state index is 0.153. The lowest BCUT2D eigenvalue weighted by atomic mass is 10.1. The number of nitrogen functional groups attached to an aromatic ring is 1. The van der Waals surface area contributed by atoms with Gasteiger partial charge in [0.05, 0.1) is 22.1 Å². The number of hydrogen-bond acceptors (Lipinski definition) is 3. The van der Waals surface area contributed by atoms with Gasteiger partial charge in [0.15, 0.2) is 0 Å². The van der Waals surface area contributed by atoms with Crippen LogP contribution in [0, 0.1) is 0 Å². The Morgan fingerprint density at radius 1 is 1.37 bits per heavy atom. The van der Waals surface area contributed by atoms with E-state index in [1.807, 2.05) is 38.2 Å². The van der Waals surface area contributed by atoms with Crippen LogP contribution in [0.1, 0.15) is 19.9 Å². The number of benzene rings is 1. The quantitative estimate of drug-likeness (QED) is 0.716. The summed E-state index contributed by atoms with van der Waals surface area (Å²) < 4.78 is 2.68. The molecule has 2 heterocycles. The molecule has 4 nitrogen and oxygen atoms in total. The number of rotatable bonds is 1. The number of fused-ring (bicyclic) bond motifs is 2. The Kier molecular flexibility index (Phi) is 2.67. The van der Waals surface area contributed by atoms with Crippen LogP contribution in [-0.2, 0) is 0 Å². The summed E-state index contributed by atoms with van der Waals surface area (Å²) in [6, 6.07) is 5.90. The molecule has 3 rings (SSSR count). The summed E-state index contributed by atoms with van der Waals surface area (Å²) in [6.45, 7) is 4.01. The highest BCUT2D eigenvalue weighted by Crippen LogP contribution is 2.38. The predicted molar refractivity (Wildman–Crippen MR) is 81.4 cm³/mol. The third-order valence-corrected chi connectivity index (χ3v) is 3.96. The van der Waals surface area contributed by atoms with Crippen LogP contribution in [0.5, 0.6) is 5.88 Å². The maximum absolute atomic E-state index is 10.3. The van der Waals surface area contributed by atoms with Crippen molar-refractivity contribution in [1.29, 1.82) is 0 Å². The molecule has 5 heteroatoms. The van der Waals surface area contributed by atoms with Crippen LogP contribution < -0.4 is 5.73 Å². The van der Waals surface area contributed by atoms with E-state index in [-0.39, 0.29) is 11.9 Å². The number of para-hydroxylation sites is 1. The van der Waals surface area contributed by atoms with E-state index in [2.05, 4.69) is 20.9 Å². The Labute approximate surface area is 119 Å². The molecule has 0 atom stereocenters. The third kappa shape index (κ3) is 1.69. The highest BCUT2D eigenvalue weighted by molar-refractivity contribution is 9.10. The topological polar surface area (TPSA) is 64.1 Å². The molecule has 0 radical (unpaired) electrons. The smallest absolute Gasteiger partial charge is 0.203 e. The molecular weight excluding hydrogens is 306 g/mol. The molecule has 3 N–H and O–H groups in total. The zero-order valence-corrected chi connectivity index (χ0v) is 12.3. The first kappa shape index (κ1) is 12.3. The summed E-state index contributed by atoms with van der Waals surface area (Å²) in [6.07, 6.45) is 1.84. The lowest BCUT2D eigenvalue weighted by Gasteiger charge is -2.08. The van der Waals surface area contributed by atoms with Gasteiger partial charge in [-0.05, 0) is 35.8 Å². The fourth-order valence-corrected chi connectivity index (χ4v) is 2.79. The first-order valence-corrected chi connectivity index (χ1v) is 6.87. The number of hydrogen-bond donors (Lipinski definition) is 2. The van der Waals surface area contributed by atoms with E-state index in [1.54, 1.807) is 4.57 Å². The molecule has 0 aliphatic heterocycles. The summed E-state index contributed by atoms with van der Waals surface area (Å²) in [5.74, 6) is 0.178. The molecular formula is C14H14BrN3O. The highest BCUT2D eigenvalue weighted by atomic mass is 79.9. The van der Waals surface area contributed by atoms with Crippen LogP contribution in [0.4, 0.5) is 5.69 Å². The zero-order valence-electron chi connectivity index (χ0n) is 10.7. The van der Waals surface area contributed by atoms with Gasteiger partial charge in [0, 0.05) is 22.1 Å². The molecule has 2 aromatic heterocycles. The second-order valence-corrected chi connectivity index (χ2v) is 5.73. The van der Waals surface area contributed by atoms with Gasteiger partial charge in [-0.15, -0.1) is 0 Å². The van der Waals surface area contributed by atoms with E-state index in [4.69, 9.17) is 5.73 Å². The average molecular weight is 320 g/mol. The summed E-state index contributed by atoms with van der Waals surface area (Å²) in [7, 11) is 0. The van der Waals surface area contributed by atoms with Crippen LogP contribution in [0.15, 0.2) is 28.9 Å². The van der Waals surface area contributed by atoms with Gasteiger partial charge in [-0.25, -0.2) is 4.98 Å². The minimum absolute atomic E-state index is 0.153. The molecule has 0 spiro atoms. The van der Waals surface area contributed by atoms with E-state index < -0.39 is 0 Å². The van der Waals surface area contributed by atoms with Crippen LogP contribution in [0.25, 0.3) is 21.8 Å². The van der Waals surface area contributed by atoms with Crippen molar-refractivity contribution in [3.8, 4) is 5.88 Å². The molecule has 0 amide bonds. The van der Waals surface area contributed by atoms with Gasteiger partial charge in [0.25, 0.3) is 0 Å². The van der Waals surface area contributed by atoms with Crippen molar-refractivity contribution in [2.45, 2.75) is 19.9 Å². The van der Waals surface area contributed by atoms with Crippen molar-refractivity contribution >= 4 is 43.4 Å². The van der Waals surface area contributed by atoms with Gasteiger partial charge in [0.1, 0.15) is 0 Å². The monoisotopic (exact) mass is 319 g/mol. The first-order valence-electron chi connectivity index (χ1n) is 6.08. The maximum Gasteiger partial charge on any atom is 0.203 e. The number of halogens is 1. The van der Waals surface area contributed by atoms with Crippen molar-refractivity contribution in [1.82, 2.24) is 9.55 Å². The Bertz CT molecular complexity index is 792. The van der Waals surface area contributed by atoms with Gasteiger partial charge in [-0.3, -0.25) is 0 Å². The number of nitrogens with zero attached hydrogens (tertiary/aromatic N) is 2. The standard InChI is InChI=1S/C14H14BrN3O/c1-7(2)18-6-10-11(14(18)19)12(16)8-4-3-5-9(15)13(8)17-10/h3-7,19H,16H2,1-2H3. The SMILES string of the molecule is CC(C)n1cc2nc3c(Br)cccc3c(N)c2c1O. The largest absolute Gasteiger partial charge is 0.494 e. The lowest BCUT2D eigenvalue weighted by Crippen LogP contribution is -1.97. The van der Waals surface area contributed by atoms with Crippen LogP contribution in [-0.4, -0.2) is 14.7 Å². The molecule has 0 aliphatic rings. The van der Waals surface area contributed by atoms with Gasteiger partial charge in [0.2, 0.25) is 5.88 Å². The second kappa shape index (κ2) is 4.13. The molecule has 0 aliphatic carbocycles. The number of pyridine rings is 1. The first-order chi connectivity index (χ1) is 9.00. The van der Waals surface area contributed by atoms with Crippen molar-refractivity contribution in [2.24, 2.45) is 0 Å². The second-order valence-electron chi connectivity index (χ2n) is 4.88. The molecule has 19 heavy (non-hydrogen) atoms. The van der Waals surface area contributed by atoms with Crippen LogP contribution in [0.2, 0.25) is 0 Å². The van der Waals surface area contributed by atoms with E-state index in [9.17, 15) is 5.11 Å². The molecule has 0 fully saturated rings. The Hall–Kier alpha value is -1.75. The molecule has 0 unspecified atom stereocenters. The van der Waals surface area contributed by atoms with Gasteiger partial charge in [-0.1, -0.05) is 12.1 Å². The fraction of sp³-hybridized carbons (Fsp3) is 0.214.